The summed E-state index contributed by atoms with van der Waals surface area (Å²) >= 11 is 0. The number of nitrogens with two attached hydrogens (primary N) is 1. The van der Waals surface area contributed by atoms with Gasteiger partial charge < -0.3 is 10.8 Å². The SMILES string of the molecule is Cc1nn(C)c2nc(C(=N)N)cc(O)c12. The number of aryl methyl sites for hydroxylation is 2. The van der Waals surface area contributed by atoms with Gasteiger partial charge in [-0.1, -0.05) is 0 Å². The Labute approximate surface area is 85.9 Å². The molecule has 2 heterocycles. The fourth-order valence-corrected chi connectivity index (χ4v) is 1.56. The Kier molecular flexibility index (Phi) is 1.85. The molecule has 0 aliphatic rings. The van der Waals surface area contributed by atoms with Gasteiger partial charge >= 0.3 is 0 Å². The summed E-state index contributed by atoms with van der Waals surface area (Å²) < 4.78 is 1.55. The summed E-state index contributed by atoms with van der Waals surface area (Å²) in [6, 6.07) is 1.37. The topological polar surface area (TPSA) is 101 Å². The van der Waals surface area contributed by atoms with Crippen molar-refractivity contribution in [1.29, 1.82) is 5.41 Å². The van der Waals surface area contributed by atoms with Crippen molar-refractivity contribution < 1.29 is 5.11 Å². The fraction of sp³-hybridized carbons (Fsp3) is 0.222. The summed E-state index contributed by atoms with van der Waals surface area (Å²) in [6.45, 7) is 1.79. The van der Waals surface area contributed by atoms with E-state index in [-0.39, 0.29) is 17.3 Å². The number of nitrogen functional groups attached to an aromatic ring is 1. The van der Waals surface area contributed by atoms with Gasteiger partial charge in [-0.3, -0.25) is 10.1 Å². The number of aromatic hydroxyl groups is 1. The number of pyridine rings is 1. The Hall–Kier alpha value is -2.11. The lowest BCUT2D eigenvalue weighted by Crippen LogP contribution is -2.13. The van der Waals surface area contributed by atoms with E-state index in [1.54, 1.807) is 18.7 Å². The maximum atomic E-state index is 9.75. The monoisotopic (exact) mass is 205 g/mol. The molecule has 6 nitrogen and oxygen atoms in total. The van der Waals surface area contributed by atoms with E-state index in [0.29, 0.717) is 16.7 Å². The molecule has 0 aliphatic heterocycles. The van der Waals surface area contributed by atoms with E-state index in [1.807, 2.05) is 0 Å². The Morgan fingerprint density at radius 1 is 1.60 bits per heavy atom. The molecule has 0 atom stereocenters. The Bertz CT molecular complexity index is 557. The summed E-state index contributed by atoms with van der Waals surface area (Å²) in [5.41, 5.74) is 6.79. The van der Waals surface area contributed by atoms with E-state index in [0.717, 1.165) is 0 Å². The first kappa shape index (κ1) is 9.45. The maximum Gasteiger partial charge on any atom is 0.162 e. The van der Waals surface area contributed by atoms with Crippen molar-refractivity contribution in [2.45, 2.75) is 6.92 Å². The molecule has 0 bridgehead atoms. The lowest BCUT2D eigenvalue weighted by atomic mass is 10.2. The van der Waals surface area contributed by atoms with E-state index >= 15 is 0 Å². The van der Waals surface area contributed by atoms with Crippen LogP contribution < -0.4 is 5.73 Å². The zero-order valence-electron chi connectivity index (χ0n) is 8.44. The van der Waals surface area contributed by atoms with Crippen LogP contribution in [0.25, 0.3) is 11.0 Å². The molecule has 0 saturated heterocycles. The van der Waals surface area contributed by atoms with Gasteiger partial charge in [-0.15, -0.1) is 0 Å². The van der Waals surface area contributed by atoms with Crippen LogP contribution in [0.2, 0.25) is 0 Å². The third kappa shape index (κ3) is 1.30. The third-order valence-electron chi connectivity index (χ3n) is 2.22. The number of hydrogen-bond acceptors (Lipinski definition) is 4. The molecule has 4 N–H and O–H groups in total. The van der Waals surface area contributed by atoms with Crippen LogP contribution in [0, 0.1) is 12.3 Å². The van der Waals surface area contributed by atoms with Gasteiger partial charge in [-0.05, 0) is 6.92 Å². The lowest BCUT2D eigenvalue weighted by molar-refractivity contribution is 0.481. The second kappa shape index (κ2) is 2.94. The highest BCUT2D eigenvalue weighted by atomic mass is 16.3. The van der Waals surface area contributed by atoms with Gasteiger partial charge in [-0.2, -0.15) is 5.10 Å². The quantitative estimate of drug-likeness (QED) is 0.459. The van der Waals surface area contributed by atoms with E-state index in [4.69, 9.17) is 11.1 Å². The second-order valence-electron chi connectivity index (χ2n) is 3.35. The van der Waals surface area contributed by atoms with Gasteiger partial charge in [0.2, 0.25) is 0 Å². The minimum Gasteiger partial charge on any atom is -0.507 e. The van der Waals surface area contributed by atoms with Crippen molar-refractivity contribution in [1.82, 2.24) is 14.8 Å². The van der Waals surface area contributed by atoms with Crippen LogP contribution in [-0.4, -0.2) is 25.7 Å². The molecule has 78 valence electrons. The van der Waals surface area contributed by atoms with Crippen molar-refractivity contribution in [2.24, 2.45) is 12.8 Å². The molecule has 0 amide bonds. The van der Waals surface area contributed by atoms with Crippen LogP contribution in [0.15, 0.2) is 6.07 Å². The standard InChI is InChI=1S/C9H11N5O/c1-4-7-6(15)3-5(8(10)11)12-9(7)14(2)13-4/h3H,1-2H3,(H3,10,11)(H,12,15). The first-order valence-corrected chi connectivity index (χ1v) is 4.38. The summed E-state index contributed by atoms with van der Waals surface area (Å²) in [6.07, 6.45) is 0. The minimum absolute atomic E-state index is 0.0517. The molecule has 15 heavy (non-hydrogen) atoms. The Balaban J connectivity index is 2.87. The van der Waals surface area contributed by atoms with Gasteiger partial charge in [-0.25, -0.2) is 4.98 Å². The molecular formula is C9H11N5O. The van der Waals surface area contributed by atoms with Crippen LogP contribution in [0.5, 0.6) is 5.75 Å². The first-order chi connectivity index (χ1) is 7.00. The normalized spacial score (nSPS) is 10.8. The fourth-order valence-electron chi connectivity index (χ4n) is 1.56. The maximum absolute atomic E-state index is 9.75. The van der Waals surface area contributed by atoms with Gasteiger partial charge in [0.15, 0.2) is 5.65 Å². The van der Waals surface area contributed by atoms with Crippen molar-refractivity contribution in [3.63, 3.8) is 0 Å². The number of nitrogens with zero attached hydrogens (tertiary/aromatic N) is 3. The zero-order valence-corrected chi connectivity index (χ0v) is 8.44. The average molecular weight is 205 g/mol. The highest BCUT2D eigenvalue weighted by molar-refractivity contribution is 5.97. The van der Waals surface area contributed by atoms with E-state index in [2.05, 4.69) is 10.1 Å². The predicted octanol–water partition coefficient (Wildman–Crippen LogP) is 0.266. The molecule has 2 aromatic rings. The predicted molar refractivity (Wildman–Crippen MR) is 55.9 cm³/mol. The molecule has 0 saturated carbocycles. The van der Waals surface area contributed by atoms with E-state index in [1.165, 1.54) is 6.07 Å². The Morgan fingerprint density at radius 3 is 2.87 bits per heavy atom. The second-order valence-corrected chi connectivity index (χ2v) is 3.35. The zero-order chi connectivity index (χ0) is 11.2. The van der Waals surface area contributed by atoms with Crippen LogP contribution in [-0.2, 0) is 7.05 Å². The number of fused-ring (bicyclic) bond motifs is 1. The molecule has 2 rings (SSSR count). The third-order valence-corrected chi connectivity index (χ3v) is 2.22. The van der Waals surface area contributed by atoms with Gasteiger partial charge in [0, 0.05) is 13.1 Å². The molecule has 0 aliphatic carbocycles. The molecule has 0 spiro atoms. The summed E-state index contributed by atoms with van der Waals surface area (Å²) in [7, 11) is 1.73. The first-order valence-electron chi connectivity index (χ1n) is 4.38. The number of aromatic nitrogens is 3. The molecular weight excluding hydrogens is 194 g/mol. The molecule has 0 radical (unpaired) electrons. The largest absolute Gasteiger partial charge is 0.507 e. The molecule has 6 heteroatoms. The highest BCUT2D eigenvalue weighted by Crippen LogP contribution is 2.26. The smallest absolute Gasteiger partial charge is 0.162 e. The van der Waals surface area contributed by atoms with E-state index in [9.17, 15) is 5.11 Å². The summed E-state index contributed by atoms with van der Waals surface area (Å²) in [5.74, 6) is -0.123. The van der Waals surface area contributed by atoms with Crippen LogP contribution >= 0.6 is 0 Å². The van der Waals surface area contributed by atoms with E-state index < -0.39 is 0 Å². The summed E-state index contributed by atoms with van der Waals surface area (Å²) in [5, 5.41) is 21.7. The summed E-state index contributed by atoms with van der Waals surface area (Å²) in [4.78, 5) is 4.15. The molecule has 2 aromatic heterocycles. The van der Waals surface area contributed by atoms with Crippen molar-refractivity contribution >= 4 is 16.9 Å². The average Bonchev–Trinajstić information content (AvgIpc) is 2.42. The molecule has 0 aromatic carbocycles. The van der Waals surface area contributed by atoms with Crippen molar-refractivity contribution in [3.05, 3.63) is 17.5 Å². The van der Waals surface area contributed by atoms with Gasteiger partial charge in [0.05, 0.1) is 11.1 Å². The number of nitrogens with one attached hydrogen (secondary N) is 1. The van der Waals surface area contributed by atoms with Crippen LogP contribution in [0.3, 0.4) is 0 Å². The van der Waals surface area contributed by atoms with Crippen LogP contribution in [0.1, 0.15) is 11.4 Å². The minimum atomic E-state index is -0.175. The number of hydrogen-bond donors (Lipinski definition) is 3. The number of amidine groups is 1. The van der Waals surface area contributed by atoms with Gasteiger partial charge in [0.25, 0.3) is 0 Å². The molecule has 0 fully saturated rings. The molecule has 0 unspecified atom stereocenters. The van der Waals surface area contributed by atoms with Crippen molar-refractivity contribution in [2.75, 3.05) is 0 Å². The number of rotatable bonds is 1. The van der Waals surface area contributed by atoms with Crippen molar-refractivity contribution in [3.8, 4) is 5.75 Å². The Morgan fingerprint density at radius 2 is 2.27 bits per heavy atom. The van der Waals surface area contributed by atoms with Gasteiger partial charge in [0.1, 0.15) is 17.3 Å². The van der Waals surface area contributed by atoms with Crippen LogP contribution in [0.4, 0.5) is 0 Å². The lowest BCUT2D eigenvalue weighted by Gasteiger charge is -2.01. The highest BCUT2D eigenvalue weighted by Gasteiger charge is 2.13.